The first kappa shape index (κ1) is 17.9. The lowest BCUT2D eigenvalue weighted by atomic mass is 10.1. The smallest absolute Gasteiger partial charge is 0.241 e. The molecular weight excluding hydrogens is 332 g/mol. The van der Waals surface area contributed by atoms with Gasteiger partial charge in [0, 0.05) is 18.2 Å². The van der Waals surface area contributed by atoms with E-state index in [1.165, 1.54) is 0 Å². The molecule has 2 N–H and O–H groups in total. The average Bonchev–Trinajstić information content (AvgIpc) is 3.07. The molecule has 2 aromatic carbocycles. The molecule has 1 atom stereocenters. The Labute approximate surface area is 143 Å². The SMILES string of the molecule is Cl.O=S(=O)(NCC1CCCN1)c1ccccc1-c1ccccc1. The van der Waals surface area contributed by atoms with Crippen LogP contribution in [-0.2, 0) is 10.0 Å². The zero-order chi connectivity index (χ0) is 15.4. The lowest BCUT2D eigenvalue weighted by Gasteiger charge is -2.14. The zero-order valence-electron chi connectivity index (χ0n) is 12.7. The van der Waals surface area contributed by atoms with Gasteiger partial charge in [-0.05, 0) is 31.0 Å². The lowest BCUT2D eigenvalue weighted by molar-refractivity contribution is 0.552. The minimum Gasteiger partial charge on any atom is -0.313 e. The predicted octanol–water partition coefficient (Wildman–Crippen LogP) is 2.81. The Morgan fingerprint density at radius 3 is 2.43 bits per heavy atom. The molecule has 3 rings (SSSR count). The summed E-state index contributed by atoms with van der Waals surface area (Å²) in [6.07, 6.45) is 2.12. The van der Waals surface area contributed by atoms with Crippen LogP contribution >= 0.6 is 12.4 Å². The standard InChI is InChI=1S/C17H20N2O2S.ClH/c20-22(21,19-13-15-9-6-12-18-15)17-11-5-4-10-16(17)14-7-2-1-3-8-14;/h1-5,7-8,10-11,15,18-19H,6,9,12-13H2;1H. The van der Waals surface area contributed by atoms with Gasteiger partial charge in [-0.3, -0.25) is 0 Å². The minimum absolute atomic E-state index is 0. The molecule has 23 heavy (non-hydrogen) atoms. The van der Waals surface area contributed by atoms with Crippen molar-refractivity contribution in [2.75, 3.05) is 13.1 Å². The molecule has 0 amide bonds. The van der Waals surface area contributed by atoms with Crippen molar-refractivity contribution in [2.24, 2.45) is 0 Å². The van der Waals surface area contributed by atoms with Gasteiger partial charge in [-0.25, -0.2) is 13.1 Å². The van der Waals surface area contributed by atoms with Crippen LogP contribution < -0.4 is 10.0 Å². The van der Waals surface area contributed by atoms with Crippen molar-refractivity contribution in [3.63, 3.8) is 0 Å². The van der Waals surface area contributed by atoms with Crippen LogP contribution in [0.1, 0.15) is 12.8 Å². The van der Waals surface area contributed by atoms with Crippen molar-refractivity contribution >= 4 is 22.4 Å². The molecule has 1 saturated heterocycles. The van der Waals surface area contributed by atoms with Gasteiger partial charge in [0.1, 0.15) is 0 Å². The second kappa shape index (κ2) is 7.93. The molecule has 0 spiro atoms. The molecule has 0 saturated carbocycles. The molecule has 0 aromatic heterocycles. The van der Waals surface area contributed by atoms with Crippen LogP contribution in [0.15, 0.2) is 59.5 Å². The van der Waals surface area contributed by atoms with Crippen molar-refractivity contribution in [1.29, 1.82) is 0 Å². The molecule has 0 aliphatic carbocycles. The fourth-order valence-corrected chi connectivity index (χ4v) is 4.09. The van der Waals surface area contributed by atoms with E-state index >= 15 is 0 Å². The van der Waals surface area contributed by atoms with Crippen molar-refractivity contribution in [2.45, 2.75) is 23.8 Å². The van der Waals surface area contributed by atoms with Crippen LogP contribution in [0.5, 0.6) is 0 Å². The van der Waals surface area contributed by atoms with Gasteiger partial charge in [-0.1, -0.05) is 48.5 Å². The highest BCUT2D eigenvalue weighted by atomic mass is 35.5. The summed E-state index contributed by atoms with van der Waals surface area (Å²) >= 11 is 0. The molecule has 1 aliphatic heterocycles. The summed E-state index contributed by atoms with van der Waals surface area (Å²) in [4.78, 5) is 0.333. The van der Waals surface area contributed by atoms with Gasteiger partial charge in [-0.2, -0.15) is 0 Å². The van der Waals surface area contributed by atoms with E-state index in [0.29, 0.717) is 11.4 Å². The van der Waals surface area contributed by atoms with Crippen molar-refractivity contribution in [3.8, 4) is 11.1 Å². The number of nitrogens with one attached hydrogen (secondary N) is 2. The maximum Gasteiger partial charge on any atom is 0.241 e. The topological polar surface area (TPSA) is 58.2 Å². The number of rotatable bonds is 5. The summed E-state index contributed by atoms with van der Waals surface area (Å²) in [6, 6.07) is 16.9. The van der Waals surface area contributed by atoms with Gasteiger partial charge in [0.25, 0.3) is 0 Å². The van der Waals surface area contributed by atoms with Crippen LogP contribution in [0.3, 0.4) is 0 Å². The van der Waals surface area contributed by atoms with E-state index in [0.717, 1.165) is 30.5 Å². The van der Waals surface area contributed by atoms with E-state index in [2.05, 4.69) is 10.0 Å². The first-order chi connectivity index (χ1) is 10.7. The first-order valence-electron chi connectivity index (χ1n) is 7.54. The van der Waals surface area contributed by atoms with Gasteiger partial charge in [0.05, 0.1) is 4.90 Å². The molecule has 0 radical (unpaired) electrons. The third kappa shape index (κ3) is 4.32. The minimum atomic E-state index is -3.52. The van der Waals surface area contributed by atoms with Crippen LogP contribution in [0.2, 0.25) is 0 Å². The summed E-state index contributed by atoms with van der Waals surface area (Å²) in [5, 5.41) is 3.30. The molecule has 1 unspecified atom stereocenters. The first-order valence-corrected chi connectivity index (χ1v) is 9.03. The second-order valence-corrected chi connectivity index (χ2v) is 7.24. The largest absolute Gasteiger partial charge is 0.313 e. The Morgan fingerprint density at radius 2 is 1.74 bits per heavy atom. The van der Waals surface area contributed by atoms with E-state index in [9.17, 15) is 8.42 Å². The van der Waals surface area contributed by atoms with Crippen LogP contribution in [0.25, 0.3) is 11.1 Å². The molecule has 1 heterocycles. The number of sulfonamides is 1. The van der Waals surface area contributed by atoms with E-state index < -0.39 is 10.0 Å². The third-order valence-electron chi connectivity index (χ3n) is 3.94. The van der Waals surface area contributed by atoms with Crippen molar-refractivity contribution < 1.29 is 8.42 Å². The normalized spacial score (nSPS) is 17.7. The molecular formula is C17H21ClN2O2S. The van der Waals surface area contributed by atoms with Gasteiger partial charge in [0.2, 0.25) is 10.0 Å². The monoisotopic (exact) mass is 352 g/mol. The predicted molar refractivity (Wildman–Crippen MR) is 95.3 cm³/mol. The van der Waals surface area contributed by atoms with Gasteiger partial charge >= 0.3 is 0 Å². The van der Waals surface area contributed by atoms with E-state index in [1.54, 1.807) is 12.1 Å². The summed E-state index contributed by atoms with van der Waals surface area (Å²) < 4.78 is 28.0. The fourth-order valence-electron chi connectivity index (χ4n) is 2.78. The Hall–Kier alpha value is -1.40. The Morgan fingerprint density at radius 1 is 1.04 bits per heavy atom. The quantitative estimate of drug-likeness (QED) is 0.870. The zero-order valence-corrected chi connectivity index (χ0v) is 14.4. The third-order valence-corrected chi connectivity index (χ3v) is 5.43. The molecule has 6 heteroatoms. The Balaban J connectivity index is 0.00000192. The Bertz CT molecular complexity index is 729. The summed E-state index contributed by atoms with van der Waals surface area (Å²) in [6.45, 7) is 1.40. The number of hydrogen-bond acceptors (Lipinski definition) is 3. The molecule has 1 aliphatic rings. The summed E-state index contributed by atoms with van der Waals surface area (Å²) in [7, 11) is -3.52. The summed E-state index contributed by atoms with van der Waals surface area (Å²) in [5.41, 5.74) is 1.64. The van der Waals surface area contributed by atoms with Crippen LogP contribution in [0.4, 0.5) is 0 Å². The van der Waals surface area contributed by atoms with Gasteiger partial charge in [0.15, 0.2) is 0 Å². The van der Waals surface area contributed by atoms with Gasteiger partial charge < -0.3 is 5.32 Å². The lowest BCUT2D eigenvalue weighted by Crippen LogP contribution is -2.37. The molecule has 1 fully saturated rings. The second-order valence-electron chi connectivity index (χ2n) is 5.51. The number of hydrogen-bond donors (Lipinski definition) is 2. The van der Waals surface area contributed by atoms with Crippen LogP contribution in [0, 0.1) is 0 Å². The average molecular weight is 353 g/mol. The highest BCUT2D eigenvalue weighted by Gasteiger charge is 2.21. The molecule has 2 aromatic rings. The highest BCUT2D eigenvalue weighted by Crippen LogP contribution is 2.26. The fraction of sp³-hybridized carbons (Fsp3) is 0.294. The van der Waals surface area contributed by atoms with Gasteiger partial charge in [-0.15, -0.1) is 12.4 Å². The van der Waals surface area contributed by atoms with E-state index in [4.69, 9.17) is 0 Å². The summed E-state index contributed by atoms with van der Waals surface area (Å²) in [5.74, 6) is 0. The maximum atomic E-state index is 12.6. The van der Waals surface area contributed by atoms with Crippen LogP contribution in [-0.4, -0.2) is 27.5 Å². The van der Waals surface area contributed by atoms with E-state index in [-0.39, 0.29) is 18.4 Å². The molecule has 4 nitrogen and oxygen atoms in total. The van der Waals surface area contributed by atoms with Crippen molar-refractivity contribution in [3.05, 3.63) is 54.6 Å². The molecule has 124 valence electrons. The number of halogens is 1. The van der Waals surface area contributed by atoms with Crippen molar-refractivity contribution in [1.82, 2.24) is 10.0 Å². The molecule has 0 bridgehead atoms. The Kier molecular flexibility index (Phi) is 6.18. The number of benzene rings is 2. The highest BCUT2D eigenvalue weighted by molar-refractivity contribution is 7.89. The van der Waals surface area contributed by atoms with E-state index in [1.807, 2.05) is 42.5 Å². The maximum absolute atomic E-state index is 12.6.